The summed E-state index contributed by atoms with van der Waals surface area (Å²) in [5.74, 6) is 0.740. The zero-order valence-corrected chi connectivity index (χ0v) is 13.6. The Bertz CT molecular complexity index is 336. The molecule has 19 heavy (non-hydrogen) atoms. The minimum absolute atomic E-state index is 0.208. The van der Waals surface area contributed by atoms with Crippen molar-refractivity contribution in [3.63, 3.8) is 0 Å². The molecule has 0 heterocycles. The third-order valence-corrected chi connectivity index (χ3v) is 4.17. The van der Waals surface area contributed by atoms with E-state index in [9.17, 15) is 4.79 Å². The summed E-state index contributed by atoms with van der Waals surface area (Å²) >= 11 is 0. The van der Waals surface area contributed by atoms with Gasteiger partial charge in [0, 0.05) is 13.0 Å². The van der Waals surface area contributed by atoms with Crippen LogP contribution in [-0.4, -0.2) is 12.5 Å². The van der Waals surface area contributed by atoms with Gasteiger partial charge in [0.05, 0.1) is 0 Å². The first-order chi connectivity index (χ1) is 8.63. The summed E-state index contributed by atoms with van der Waals surface area (Å²) < 4.78 is 0. The van der Waals surface area contributed by atoms with E-state index in [0.717, 1.165) is 0 Å². The molecule has 0 unspecified atom stereocenters. The summed E-state index contributed by atoms with van der Waals surface area (Å²) in [4.78, 5) is 12.0. The van der Waals surface area contributed by atoms with Crippen LogP contribution in [0.15, 0.2) is 11.6 Å². The van der Waals surface area contributed by atoms with Gasteiger partial charge in [0.2, 0.25) is 5.91 Å². The molecular formula is C17H31NO. The van der Waals surface area contributed by atoms with Crippen molar-refractivity contribution < 1.29 is 4.79 Å². The number of hydrogen-bond acceptors (Lipinski definition) is 1. The minimum atomic E-state index is 0.208. The van der Waals surface area contributed by atoms with Gasteiger partial charge in [-0.15, -0.1) is 0 Å². The summed E-state index contributed by atoms with van der Waals surface area (Å²) in [5, 5.41) is 3.03. The van der Waals surface area contributed by atoms with Crippen molar-refractivity contribution >= 4 is 5.91 Å². The van der Waals surface area contributed by atoms with Crippen molar-refractivity contribution in [2.45, 2.75) is 67.2 Å². The molecule has 2 nitrogen and oxygen atoms in total. The third-order valence-electron chi connectivity index (χ3n) is 4.17. The number of allylic oxidation sites excluding steroid dienone is 1. The lowest BCUT2D eigenvalue weighted by Gasteiger charge is -2.45. The van der Waals surface area contributed by atoms with E-state index in [-0.39, 0.29) is 5.91 Å². The van der Waals surface area contributed by atoms with E-state index in [0.29, 0.717) is 29.7 Å². The first-order valence-electron chi connectivity index (χ1n) is 7.52. The lowest BCUT2D eigenvalue weighted by atomic mass is 9.61. The Morgan fingerprint density at radius 2 is 1.74 bits per heavy atom. The van der Waals surface area contributed by atoms with Gasteiger partial charge in [-0.1, -0.05) is 39.3 Å². The van der Waals surface area contributed by atoms with Crippen LogP contribution in [0, 0.1) is 16.7 Å². The molecule has 1 saturated carbocycles. The Hall–Kier alpha value is -0.790. The van der Waals surface area contributed by atoms with Crippen LogP contribution >= 0.6 is 0 Å². The Kier molecular flexibility index (Phi) is 5.23. The van der Waals surface area contributed by atoms with Crippen molar-refractivity contribution in [1.29, 1.82) is 0 Å². The highest BCUT2D eigenvalue weighted by atomic mass is 16.1. The molecule has 2 heteroatoms. The maximum absolute atomic E-state index is 12.0. The van der Waals surface area contributed by atoms with E-state index < -0.39 is 0 Å². The maximum Gasteiger partial charge on any atom is 0.220 e. The van der Waals surface area contributed by atoms with Gasteiger partial charge in [-0.3, -0.25) is 4.79 Å². The van der Waals surface area contributed by atoms with E-state index in [1.807, 2.05) is 19.9 Å². The number of nitrogens with one attached hydrogen (secondary N) is 1. The van der Waals surface area contributed by atoms with Crippen LogP contribution in [0.25, 0.3) is 0 Å². The van der Waals surface area contributed by atoms with Crippen molar-refractivity contribution in [1.82, 2.24) is 5.32 Å². The molecule has 1 N–H and O–H groups in total. The maximum atomic E-state index is 12.0. The minimum Gasteiger partial charge on any atom is -0.352 e. The van der Waals surface area contributed by atoms with Gasteiger partial charge in [0.25, 0.3) is 0 Å². The molecular weight excluding hydrogens is 234 g/mol. The summed E-state index contributed by atoms with van der Waals surface area (Å²) in [7, 11) is 0. The predicted octanol–water partition coefficient (Wildman–Crippen LogP) is 4.31. The molecule has 0 radical (unpaired) electrons. The molecule has 0 aromatic carbocycles. The second-order valence-electron chi connectivity index (χ2n) is 7.90. The highest BCUT2D eigenvalue weighted by molar-refractivity contribution is 5.76. The molecule has 110 valence electrons. The second kappa shape index (κ2) is 6.11. The lowest BCUT2D eigenvalue weighted by molar-refractivity contribution is -0.122. The van der Waals surface area contributed by atoms with E-state index in [4.69, 9.17) is 0 Å². The van der Waals surface area contributed by atoms with Crippen LogP contribution in [0.3, 0.4) is 0 Å². The molecule has 1 fully saturated rings. The molecule has 0 spiro atoms. The first kappa shape index (κ1) is 16.3. The van der Waals surface area contributed by atoms with Crippen molar-refractivity contribution in [3.8, 4) is 0 Å². The quantitative estimate of drug-likeness (QED) is 0.754. The molecule has 1 amide bonds. The SMILES string of the molecule is CC=C(C)CNC(=O)CC1CC(C)(C)CC(C)(C)C1. The van der Waals surface area contributed by atoms with Crippen LogP contribution in [-0.2, 0) is 4.79 Å². The fraction of sp³-hybridized carbons (Fsp3) is 0.824. The van der Waals surface area contributed by atoms with E-state index in [1.54, 1.807) is 0 Å². The number of carbonyl (C=O) groups is 1. The summed E-state index contributed by atoms with van der Waals surface area (Å²) in [5.41, 5.74) is 1.95. The number of carbonyl (C=O) groups excluding carboxylic acids is 1. The fourth-order valence-electron chi connectivity index (χ4n) is 3.89. The number of hydrogen-bond donors (Lipinski definition) is 1. The van der Waals surface area contributed by atoms with Crippen LogP contribution in [0.4, 0.5) is 0 Å². The van der Waals surface area contributed by atoms with Gasteiger partial charge in [0.15, 0.2) is 0 Å². The Labute approximate surface area is 119 Å². The van der Waals surface area contributed by atoms with Gasteiger partial charge < -0.3 is 5.32 Å². The third kappa shape index (κ3) is 5.80. The zero-order chi connectivity index (χ0) is 14.7. The molecule has 0 aromatic heterocycles. The largest absolute Gasteiger partial charge is 0.352 e. The molecule has 1 aliphatic rings. The van der Waals surface area contributed by atoms with Gasteiger partial charge in [-0.2, -0.15) is 0 Å². The normalized spacial score (nSPS) is 23.2. The average Bonchev–Trinajstić information content (AvgIpc) is 2.21. The summed E-state index contributed by atoms with van der Waals surface area (Å²) in [6, 6.07) is 0. The van der Waals surface area contributed by atoms with Gasteiger partial charge in [-0.05, 0) is 49.9 Å². The standard InChI is InChI=1S/C17H31NO/c1-7-13(2)11-18-15(19)8-14-9-16(3,4)12-17(5,6)10-14/h7,14H,8-12H2,1-6H3,(H,18,19). The van der Waals surface area contributed by atoms with Crippen molar-refractivity contribution in [2.75, 3.05) is 6.54 Å². The van der Waals surface area contributed by atoms with E-state index in [2.05, 4.69) is 33.0 Å². The molecule has 0 aromatic rings. The van der Waals surface area contributed by atoms with Gasteiger partial charge in [-0.25, -0.2) is 0 Å². The first-order valence-corrected chi connectivity index (χ1v) is 7.52. The Morgan fingerprint density at radius 1 is 1.21 bits per heavy atom. The summed E-state index contributed by atoms with van der Waals surface area (Å²) in [6.07, 6.45) is 6.34. The Morgan fingerprint density at radius 3 is 2.21 bits per heavy atom. The highest BCUT2D eigenvalue weighted by Crippen LogP contribution is 2.49. The van der Waals surface area contributed by atoms with Crippen LogP contribution in [0.1, 0.15) is 67.2 Å². The fourth-order valence-corrected chi connectivity index (χ4v) is 3.89. The van der Waals surface area contributed by atoms with Gasteiger partial charge >= 0.3 is 0 Å². The molecule has 0 atom stereocenters. The van der Waals surface area contributed by atoms with Crippen LogP contribution < -0.4 is 5.32 Å². The predicted molar refractivity (Wildman–Crippen MR) is 82.0 cm³/mol. The molecule has 1 aliphatic carbocycles. The van der Waals surface area contributed by atoms with Gasteiger partial charge in [0.1, 0.15) is 0 Å². The van der Waals surface area contributed by atoms with E-state index >= 15 is 0 Å². The molecule has 0 saturated heterocycles. The Balaban J connectivity index is 2.50. The lowest BCUT2D eigenvalue weighted by Crippen LogP contribution is -2.36. The number of amides is 1. The smallest absolute Gasteiger partial charge is 0.220 e. The average molecular weight is 265 g/mol. The summed E-state index contributed by atoms with van der Waals surface area (Å²) in [6.45, 7) is 14.1. The molecule has 0 aliphatic heterocycles. The molecule has 1 rings (SSSR count). The molecule has 0 bridgehead atoms. The highest BCUT2D eigenvalue weighted by Gasteiger charge is 2.38. The number of rotatable bonds is 4. The zero-order valence-electron chi connectivity index (χ0n) is 13.6. The monoisotopic (exact) mass is 265 g/mol. The van der Waals surface area contributed by atoms with Crippen molar-refractivity contribution in [2.24, 2.45) is 16.7 Å². The van der Waals surface area contributed by atoms with Crippen LogP contribution in [0.5, 0.6) is 0 Å². The van der Waals surface area contributed by atoms with Crippen molar-refractivity contribution in [3.05, 3.63) is 11.6 Å². The second-order valence-corrected chi connectivity index (χ2v) is 7.90. The topological polar surface area (TPSA) is 29.1 Å². The van der Waals surface area contributed by atoms with E-state index in [1.165, 1.54) is 24.8 Å². The van der Waals surface area contributed by atoms with Crippen LogP contribution in [0.2, 0.25) is 0 Å².